The average molecular weight is 470 g/mol. The smallest absolute Gasteiger partial charge is 0.227 e. The van der Waals surface area contributed by atoms with E-state index in [1.165, 1.54) is 0 Å². The van der Waals surface area contributed by atoms with Gasteiger partial charge in [0.2, 0.25) is 11.8 Å². The fraction of sp³-hybridized carbons (Fsp3) is 0.875. The van der Waals surface area contributed by atoms with E-state index in [4.69, 9.17) is 0 Å². The molecule has 2 N–H and O–H groups in total. The molecular weight excluding hydrogens is 440 g/mol. The van der Waals surface area contributed by atoms with Crippen LogP contribution in [0.1, 0.15) is 25.7 Å². The fourth-order valence-electron chi connectivity index (χ4n) is 3.79. The van der Waals surface area contributed by atoms with Gasteiger partial charge >= 0.3 is 0 Å². The van der Waals surface area contributed by atoms with E-state index in [9.17, 15) is 9.59 Å². The standard InChI is InChI=1S/C16H28N4O2.2BrH/c21-15(13-3-1-5-17-11-13)19-7-9-20(10-8-19)16(22)14-4-2-6-18-12-14;;/h13-14,17-18H,1-12H2;2*1H. The van der Waals surface area contributed by atoms with Gasteiger partial charge in [0.05, 0.1) is 11.8 Å². The maximum atomic E-state index is 12.5. The highest BCUT2D eigenvalue weighted by molar-refractivity contribution is 8.93. The molecule has 3 rings (SSSR count). The summed E-state index contributed by atoms with van der Waals surface area (Å²) in [4.78, 5) is 28.9. The highest BCUT2D eigenvalue weighted by Crippen LogP contribution is 2.18. The molecule has 3 saturated heterocycles. The van der Waals surface area contributed by atoms with Crippen LogP contribution in [0.15, 0.2) is 0 Å². The fourth-order valence-corrected chi connectivity index (χ4v) is 3.79. The van der Waals surface area contributed by atoms with Crippen LogP contribution in [-0.4, -0.2) is 74.0 Å². The molecule has 0 aromatic carbocycles. The molecule has 0 bridgehead atoms. The zero-order chi connectivity index (χ0) is 15.4. The van der Waals surface area contributed by atoms with Gasteiger partial charge in [0.15, 0.2) is 0 Å². The summed E-state index contributed by atoms with van der Waals surface area (Å²) < 4.78 is 0. The molecule has 0 aliphatic carbocycles. The molecule has 0 aromatic heterocycles. The third-order valence-corrected chi connectivity index (χ3v) is 5.20. The van der Waals surface area contributed by atoms with Gasteiger partial charge in [-0.15, -0.1) is 34.0 Å². The van der Waals surface area contributed by atoms with Crippen molar-refractivity contribution in [1.82, 2.24) is 20.4 Å². The number of nitrogens with zero attached hydrogens (tertiary/aromatic N) is 2. The van der Waals surface area contributed by atoms with Gasteiger partial charge in [-0.1, -0.05) is 0 Å². The van der Waals surface area contributed by atoms with Crippen LogP contribution in [0.25, 0.3) is 0 Å². The Labute approximate surface area is 165 Å². The van der Waals surface area contributed by atoms with Gasteiger partial charge in [-0.2, -0.15) is 0 Å². The lowest BCUT2D eigenvalue weighted by Gasteiger charge is -2.39. The van der Waals surface area contributed by atoms with E-state index in [1.54, 1.807) is 0 Å². The van der Waals surface area contributed by atoms with Crippen molar-refractivity contribution in [3.8, 4) is 0 Å². The largest absolute Gasteiger partial charge is 0.339 e. The van der Waals surface area contributed by atoms with E-state index in [0.29, 0.717) is 26.2 Å². The Morgan fingerprint density at radius 3 is 1.38 bits per heavy atom. The van der Waals surface area contributed by atoms with Gasteiger partial charge in [-0.25, -0.2) is 0 Å². The molecule has 6 nitrogen and oxygen atoms in total. The first-order chi connectivity index (χ1) is 10.8. The molecule has 3 fully saturated rings. The molecule has 24 heavy (non-hydrogen) atoms. The lowest BCUT2D eigenvalue weighted by Crippen LogP contribution is -2.55. The second-order valence-corrected chi connectivity index (χ2v) is 6.74. The number of carbonyl (C=O) groups is 2. The Hall–Kier alpha value is -0.180. The van der Waals surface area contributed by atoms with Crippen molar-refractivity contribution < 1.29 is 9.59 Å². The summed E-state index contributed by atoms with van der Waals surface area (Å²) in [6.45, 7) is 6.46. The van der Waals surface area contributed by atoms with Crippen molar-refractivity contribution in [2.24, 2.45) is 11.8 Å². The zero-order valence-electron chi connectivity index (χ0n) is 14.2. The minimum atomic E-state index is 0. The summed E-state index contributed by atoms with van der Waals surface area (Å²) in [5, 5.41) is 6.61. The summed E-state index contributed by atoms with van der Waals surface area (Å²) in [7, 11) is 0. The third-order valence-electron chi connectivity index (χ3n) is 5.20. The number of carbonyl (C=O) groups excluding carboxylic acids is 2. The van der Waals surface area contributed by atoms with Crippen LogP contribution in [0.5, 0.6) is 0 Å². The van der Waals surface area contributed by atoms with Gasteiger partial charge in [-0.3, -0.25) is 9.59 Å². The Bertz CT molecular complexity index is 367. The van der Waals surface area contributed by atoms with Crippen LogP contribution in [0.3, 0.4) is 0 Å². The topological polar surface area (TPSA) is 64.7 Å². The van der Waals surface area contributed by atoms with Crippen LogP contribution in [-0.2, 0) is 9.59 Å². The number of nitrogens with one attached hydrogen (secondary N) is 2. The predicted octanol–water partition coefficient (Wildman–Crippen LogP) is 0.812. The molecule has 2 unspecified atom stereocenters. The number of piperazine rings is 1. The Morgan fingerprint density at radius 2 is 1.08 bits per heavy atom. The highest BCUT2D eigenvalue weighted by atomic mass is 79.9. The summed E-state index contributed by atoms with van der Waals surface area (Å²) in [6, 6.07) is 0. The van der Waals surface area contributed by atoms with E-state index in [2.05, 4.69) is 10.6 Å². The number of hydrogen-bond acceptors (Lipinski definition) is 4. The third kappa shape index (κ3) is 5.41. The Kier molecular flexibility index (Phi) is 9.77. The number of halogens is 2. The lowest BCUT2D eigenvalue weighted by atomic mass is 9.97. The Morgan fingerprint density at radius 1 is 0.708 bits per heavy atom. The highest BCUT2D eigenvalue weighted by Gasteiger charge is 2.32. The number of piperidine rings is 2. The normalized spacial score (nSPS) is 27.7. The van der Waals surface area contributed by atoms with Crippen molar-refractivity contribution >= 4 is 45.8 Å². The van der Waals surface area contributed by atoms with Gasteiger partial charge in [0.1, 0.15) is 0 Å². The minimum absolute atomic E-state index is 0. The maximum absolute atomic E-state index is 12.5. The summed E-state index contributed by atoms with van der Waals surface area (Å²) in [5.41, 5.74) is 0. The molecule has 140 valence electrons. The summed E-state index contributed by atoms with van der Waals surface area (Å²) in [5.74, 6) is 0.828. The molecule has 3 aliphatic heterocycles. The maximum Gasteiger partial charge on any atom is 0.227 e. The zero-order valence-corrected chi connectivity index (χ0v) is 17.6. The van der Waals surface area contributed by atoms with Gasteiger partial charge < -0.3 is 20.4 Å². The van der Waals surface area contributed by atoms with Crippen molar-refractivity contribution in [2.45, 2.75) is 25.7 Å². The predicted molar refractivity (Wildman–Crippen MR) is 105 cm³/mol. The molecule has 0 saturated carbocycles. The average Bonchev–Trinajstić information content (AvgIpc) is 2.62. The first kappa shape index (κ1) is 21.9. The second kappa shape index (κ2) is 10.7. The van der Waals surface area contributed by atoms with Gasteiger partial charge in [-0.05, 0) is 38.8 Å². The molecular formula is C16H30Br2N4O2. The SMILES string of the molecule is Br.Br.O=C(C1CCCNC1)N1CCN(C(=O)C2CCCNC2)CC1. The van der Waals surface area contributed by atoms with Crippen molar-refractivity contribution in [1.29, 1.82) is 0 Å². The molecule has 0 aromatic rings. The quantitative estimate of drug-likeness (QED) is 0.628. The van der Waals surface area contributed by atoms with Crippen LogP contribution in [0, 0.1) is 11.8 Å². The molecule has 0 radical (unpaired) electrons. The van der Waals surface area contributed by atoms with Gasteiger partial charge in [0.25, 0.3) is 0 Å². The molecule has 2 atom stereocenters. The Balaban J connectivity index is 0.00000144. The van der Waals surface area contributed by atoms with Gasteiger partial charge in [0, 0.05) is 39.3 Å². The van der Waals surface area contributed by atoms with E-state index in [0.717, 1.165) is 51.9 Å². The number of amides is 2. The van der Waals surface area contributed by atoms with Crippen molar-refractivity contribution in [2.75, 3.05) is 52.4 Å². The molecule has 0 spiro atoms. The lowest BCUT2D eigenvalue weighted by molar-refractivity contribution is -0.144. The van der Waals surface area contributed by atoms with Crippen molar-refractivity contribution in [3.05, 3.63) is 0 Å². The van der Waals surface area contributed by atoms with Crippen LogP contribution in [0.2, 0.25) is 0 Å². The second-order valence-electron chi connectivity index (χ2n) is 6.74. The number of rotatable bonds is 2. The van der Waals surface area contributed by atoms with E-state index in [1.807, 2.05) is 9.80 Å². The first-order valence-electron chi connectivity index (χ1n) is 8.74. The first-order valence-corrected chi connectivity index (χ1v) is 8.74. The molecule has 2 amide bonds. The van der Waals surface area contributed by atoms with Crippen LogP contribution in [0.4, 0.5) is 0 Å². The summed E-state index contributed by atoms with van der Waals surface area (Å²) >= 11 is 0. The van der Waals surface area contributed by atoms with Crippen LogP contribution < -0.4 is 10.6 Å². The molecule has 3 aliphatic rings. The summed E-state index contributed by atoms with van der Waals surface area (Å²) in [6.07, 6.45) is 4.17. The molecule has 8 heteroatoms. The van der Waals surface area contributed by atoms with E-state index >= 15 is 0 Å². The number of hydrogen-bond donors (Lipinski definition) is 2. The van der Waals surface area contributed by atoms with Crippen LogP contribution >= 0.6 is 34.0 Å². The molecule has 3 heterocycles. The van der Waals surface area contributed by atoms with E-state index < -0.39 is 0 Å². The monoisotopic (exact) mass is 468 g/mol. The van der Waals surface area contributed by atoms with Crippen molar-refractivity contribution in [3.63, 3.8) is 0 Å². The van der Waals surface area contributed by atoms with E-state index in [-0.39, 0.29) is 57.6 Å². The minimum Gasteiger partial charge on any atom is -0.339 e.